The zero-order chi connectivity index (χ0) is 21.1. The number of anilines is 2. The summed E-state index contributed by atoms with van der Waals surface area (Å²) >= 11 is 0. The number of alkyl halides is 2. The third-order valence-electron chi connectivity index (χ3n) is 5.17. The van der Waals surface area contributed by atoms with Gasteiger partial charge in [-0.1, -0.05) is 0 Å². The van der Waals surface area contributed by atoms with E-state index in [1.807, 2.05) is 25.1 Å². The molecular weight excluding hydrogens is 382 g/mol. The average Bonchev–Trinajstić information content (AvgIpc) is 3.00. The first-order valence-corrected chi connectivity index (χ1v) is 9.38. The number of rotatable bonds is 8. The lowest BCUT2D eigenvalue weighted by atomic mass is 10.0. The van der Waals surface area contributed by atoms with E-state index in [1.165, 1.54) is 4.57 Å². The third-order valence-corrected chi connectivity index (χ3v) is 5.17. The van der Waals surface area contributed by atoms with E-state index >= 15 is 0 Å². The van der Waals surface area contributed by atoms with Crippen LogP contribution in [0.3, 0.4) is 0 Å². The molecule has 2 N–H and O–H groups in total. The number of benzene rings is 1. The predicted octanol–water partition coefficient (Wildman–Crippen LogP) is 3.64. The quantitative estimate of drug-likeness (QED) is 0.650. The summed E-state index contributed by atoms with van der Waals surface area (Å²) in [6, 6.07) is 6.33. The van der Waals surface area contributed by atoms with Crippen molar-refractivity contribution < 1.29 is 18.3 Å². The second kappa shape index (κ2) is 8.69. The zero-order valence-corrected chi connectivity index (χ0v) is 17.0. The van der Waals surface area contributed by atoms with Gasteiger partial charge in [0, 0.05) is 49.1 Å². The molecular formula is C20H26F2N4O3. The molecule has 1 atom stereocenters. The van der Waals surface area contributed by atoms with Crippen molar-refractivity contribution in [1.29, 1.82) is 0 Å². The molecule has 0 saturated carbocycles. The van der Waals surface area contributed by atoms with Gasteiger partial charge in [-0.05, 0) is 25.5 Å². The molecule has 7 nitrogen and oxygen atoms in total. The number of aromatic nitrogens is 1. The molecule has 1 aliphatic rings. The van der Waals surface area contributed by atoms with Crippen molar-refractivity contribution in [1.82, 2.24) is 9.58 Å². The number of hydrazine groups is 1. The van der Waals surface area contributed by atoms with Crippen LogP contribution in [0.4, 0.5) is 20.3 Å². The van der Waals surface area contributed by atoms with Crippen molar-refractivity contribution in [3.8, 4) is 11.5 Å². The molecule has 0 radical (unpaired) electrons. The molecule has 1 aliphatic heterocycles. The van der Waals surface area contributed by atoms with E-state index < -0.39 is 12.0 Å². The first-order valence-electron chi connectivity index (χ1n) is 9.38. The highest BCUT2D eigenvalue weighted by atomic mass is 19.3. The largest absolute Gasteiger partial charge is 0.493 e. The van der Waals surface area contributed by atoms with Gasteiger partial charge in [-0.15, -0.1) is 0 Å². The summed E-state index contributed by atoms with van der Waals surface area (Å²) in [5.74, 6) is 1.72. The van der Waals surface area contributed by atoms with Crippen LogP contribution in [0, 0.1) is 0 Å². The number of hydrogen-bond acceptors (Lipinski definition) is 6. The number of methoxy groups -OCH3 is 2. The molecule has 0 spiro atoms. The second-order valence-electron chi connectivity index (χ2n) is 6.90. The van der Waals surface area contributed by atoms with Gasteiger partial charge < -0.3 is 20.2 Å². The Labute approximate surface area is 168 Å². The summed E-state index contributed by atoms with van der Waals surface area (Å²) in [7, 11) is 4.92. The molecule has 3 rings (SSSR count). The number of hydrogen-bond donors (Lipinski definition) is 2. The predicted molar refractivity (Wildman–Crippen MR) is 108 cm³/mol. The maximum atomic E-state index is 13.4. The Balaban J connectivity index is 1.71. The highest BCUT2D eigenvalue weighted by molar-refractivity contribution is 5.56. The molecule has 1 aromatic heterocycles. The van der Waals surface area contributed by atoms with Gasteiger partial charge in [0.15, 0.2) is 11.5 Å². The highest BCUT2D eigenvalue weighted by Crippen LogP contribution is 2.39. The van der Waals surface area contributed by atoms with E-state index in [0.29, 0.717) is 42.4 Å². The van der Waals surface area contributed by atoms with Gasteiger partial charge in [0.05, 0.1) is 20.3 Å². The van der Waals surface area contributed by atoms with Crippen molar-refractivity contribution in [3.05, 3.63) is 45.7 Å². The van der Waals surface area contributed by atoms with E-state index in [-0.39, 0.29) is 11.6 Å². The molecule has 158 valence electrons. The van der Waals surface area contributed by atoms with Gasteiger partial charge in [0.25, 0.3) is 12.0 Å². The van der Waals surface area contributed by atoms with Crippen LogP contribution in [0.2, 0.25) is 0 Å². The lowest BCUT2D eigenvalue weighted by Gasteiger charge is -2.15. The first-order chi connectivity index (χ1) is 13.9. The molecule has 0 amide bonds. The normalized spacial score (nSPS) is 15.9. The minimum Gasteiger partial charge on any atom is -0.493 e. The van der Waals surface area contributed by atoms with Crippen LogP contribution in [-0.4, -0.2) is 37.4 Å². The Kier molecular flexibility index (Phi) is 6.26. The number of pyridine rings is 1. The van der Waals surface area contributed by atoms with E-state index in [2.05, 4.69) is 10.7 Å². The maximum absolute atomic E-state index is 13.4. The molecule has 2 aromatic rings. The van der Waals surface area contributed by atoms with Gasteiger partial charge in [-0.25, -0.2) is 13.8 Å². The summed E-state index contributed by atoms with van der Waals surface area (Å²) in [4.78, 5) is 12.5. The molecule has 9 heteroatoms. The molecule has 0 saturated heterocycles. The molecule has 0 aliphatic carbocycles. The van der Waals surface area contributed by atoms with Crippen LogP contribution in [0.1, 0.15) is 36.9 Å². The lowest BCUT2D eigenvalue weighted by molar-refractivity contribution is 0.148. The molecule has 2 heterocycles. The van der Waals surface area contributed by atoms with Gasteiger partial charge in [0.1, 0.15) is 5.82 Å². The smallest absolute Gasteiger partial charge is 0.264 e. The molecule has 1 unspecified atom stereocenters. The number of nitrogens with zero attached hydrogens (tertiary/aromatic N) is 2. The number of ether oxygens (including phenoxy) is 2. The zero-order valence-electron chi connectivity index (χ0n) is 17.0. The molecule has 1 aromatic carbocycles. The number of fused-ring (bicyclic) bond motifs is 1. The fourth-order valence-electron chi connectivity index (χ4n) is 3.52. The Morgan fingerprint density at radius 1 is 1.21 bits per heavy atom. The van der Waals surface area contributed by atoms with Gasteiger partial charge in [-0.2, -0.15) is 0 Å². The monoisotopic (exact) mass is 408 g/mol. The van der Waals surface area contributed by atoms with Gasteiger partial charge in [-0.3, -0.25) is 9.36 Å². The second-order valence-corrected chi connectivity index (χ2v) is 6.90. The minimum absolute atomic E-state index is 0.200. The third kappa shape index (κ3) is 4.14. The fourth-order valence-corrected chi connectivity index (χ4v) is 3.52. The van der Waals surface area contributed by atoms with Gasteiger partial charge in [0.2, 0.25) is 0 Å². The fraction of sp³-hybridized carbons (Fsp3) is 0.450. The van der Waals surface area contributed by atoms with Crippen molar-refractivity contribution in [2.45, 2.75) is 32.4 Å². The van der Waals surface area contributed by atoms with Crippen molar-refractivity contribution in [2.75, 3.05) is 38.6 Å². The SMILES string of the molecule is COc1ccc(NCCCn2c3c(c(C(F)F)cc2=O)C(C)N(C)N3)cc1OC. The van der Waals surface area contributed by atoms with Crippen LogP contribution >= 0.6 is 0 Å². The van der Waals surface area contributed by atoms with Crippen LogP contribution in [0.5, 0.6) is 11.5 Å². The minimum atomic E-state index is -2.69. The highest BCUT2D eigenvalue weighted by Gasteiger charge is 2.32. The van der Waals surface area contributed by atoms with Gasteiger partial charge >= 0.3 is 0 Å². The summed E-state index contributed by atoms with van der Waals surface area (Å²) in [5, 5.41) is 5.00. The summed E-state index contributed by atoms with van der Waals surface area (Å²) < 4.78 is 38.9. The first kappa shape index (κ1) is 20.9. The Hall–Kier alpha value is -2.81. The van der Waals surface area contributed by atoms with Crippen LogP contribution in [0.15, 0.2) is 29.1 Å². The lowest BCUT2D eigenvalue weighted by Crippen LogP contribution is -2.26. The van der Waals surface area contributed by atoms with Crippen molar-refractivity contribution in [2.24, 2.45) is 0 Å². The van der Waals surface area contributed by atoms with Crippen LogP contribution < -0.4 is 25.8 Å². The van der Waals surface area contributed by atoms with E-state index in [9.17, 15) is 13.6 Å². The standard InChI is InChI=1S/C20H26F2N4O3/c1-12-18-14(19(21)22)11-17(27)26(20(18)24-25(12)2)9-5-8-23-13-6-7-15(28-3)16(10-13)29-4/h6-7,10-12,19,23-24H,5,8-9H2,1-4H3. The number of nitrogens with one attached hydrogen (secondary N) is 2. The Bertz CT molecular complexity index is 933. The van der Waals surface area contributed by atoms with E-state index in [0.717, 1.165) is 11.8 Å². The van der Waals surface area contributed by atoms with E-state index in [4.69, 9.17) is 9.47 Å². The van der Waals surface area contributed by atoms with Crippen LogP contribution in [-0.2, 0) is 6.54 Å². The molecule has 29 heavy (non-hydrogen) atoms. The molecule has 0 fully saturated rings. The Morgan fingerprint density at radius 3 is 2.59 bits per heavy atom. The average molecular weight is 408 g/mol. The maximum Gasteiger partial charge on any atom is 0.264 e. The summed E-state index contributed by atoms with van der Waals surface area (Å²) in [6.07, 6.45) is -2.05. The van der Waals surface area contributed by atoms with E-state index in [1.54, 1.807) is 26.3 Å². The van der Waals surface area contributed by atoms with Crippen molar-refractivity contribution in [3.63, 3.8) is 0 Å². The summed E-state index contributed by atoms with van der Waals surface area (Å²) in [5.41, 5.74) is 3.76. The summed E-state index contributed by atoms with van der Waals surface area (Å²) in [6.45, 7) is 2.83. The number of halogens is 2. The Morgan fingerprint density at radius 2 is 1.93 bits per heavy atom. The van der Waals surface area contributed by atoms with Crippen LogP contribution in [0.25, 0.3) is 0 Å². The topological polar surface area (TPSA) is 67.8 Å². The van der Waals surface area contributed by atoms with Crippen molar-refractivity contribution >= 4 is 11.5 Å². The molecule has 0 bridgehead atoms.